The second kappa shape index (κ2) is 3.84. The number of aliphatic carboxylic acids is 1. The molecule has 0 aliphatic rings. The fraction of sp³-hybridized carbons (Fsp3) is 0.600. The first kappa shape index (κ1) is 4.68. The molecule has 0 saturated carbocycles. The first-order valence-corrected chi connectivity index (χ1v) is 2.41. The second-order valence-corrected chi connectivity index (χ2v) is 1.54. The van der Waals surface area contributed by atoms with Crippen molar-refractivity contribution < 1.29 is 18.8 Å². The van der Waals surface area contributed by atoms with Crippen LogP contribution in [0.25, 0.3) is 0 Å². The minimum atomic E-state index is -2.74. The Bertz CT molecular complexity index is 233. The number of carbonyl (C=O) groups is 2. The Labute approximate surface area is 62.2 Å². The Hall–Kier alpha value is -1.10. The van der Waals surface area contributed by atoms with E-state index in [9.17, 15) is 9.59 Å². The van der Waals surface area contributed by atoms with E-state index in [1.807, 2.05) is 0 Å². The first-order chi connectivity index (χ1) is 5.71. The molecule has 58 valence electrons. The zero-order valence-electron chi connectivity index (χ0n) is 8.07. The van der Waals surface area contributed by atoms with Crippen LogP contribution in [-0.2, 0) is 9.59 Å². The van der Waals surface area contributed by atoms with Gasteiger partial charge in [0.05, 0.1) is 0 Å². The first-order valence-electron chi connectivity index (χ1n) is 3.99. The van der Waals surface area contributed by atoms with Crippen LogP contribution in [0.3, 0.4) is 0 Å². The van der Waals surface area contributed by atoms with E-state index in [-0.39, 0.29) is 0 Å². The number of hydrogen-bond donors (Lipinski definition) is 3. The maximum Gasteiger partial charge on any atom is 0.320 e. The number of carbonyl (C=O) groups excluding carboxylic acids is 1. The summed E-state index contributed by atoms with van der Waals surface area (Å²) in [5.74, 6) is -2.95. The molecule has 2 atom stereocenters. The molecule has 0 unspecified atom stereocenters. The van der Waals surface area contributed by atoms with Crippen molar-refractivity contribution in [2.45, 2.75) is 18.8 Å². The number of nitrogens with two attached hydrogens (primary N) is 2. The van der Waals surface area contributed by atoms with E-state index >= 15 is 0 Å². The quantitative estimate of drug-likeness (QED) is 0.460. The molecule has 0 rings (SSSR count). The fourth-order valence-corrected chi connectivity index (χ4v) is 0.243. The van der Waals surface area contributed by atoms with Crippen molar-refractivity contribution in [2.24, 2.45) is 11.5 Å². The highest BCUT2D eigenvalue weighted by Crippen LogP contribution is 1.92. The average molecular weight is 149 g/mol. The van der Waals surface area contributed by atoms with E-state index < -0.39 is 30.7 Å². The minimum Gasteiger partial charge on any atom is -0.480 e. The molecule has 0 spiro atoms. The number of rotatable bonds is 4. The van der Waals surface area contributed by atoms with Crippen LogP contribution in [0.5, 0.6) is 0 Å². The van der Waals surface area contributed by atoms with Gasteiger partial charge in [-0.1, -0.05) is 0 Å². The van der Waals surface area contributed by atoms with Crippen LogP contribution >= 0.6 is 0 Å². The van der Waals surface area contributed by atoms with Gasteiger partial charge in [0.15, 0.2) is 0 Å². The predicted octanol–water partition coefficient (Wildman–Crippen LogP) is -1.34. The third kappa shape index (κ3) is 3.85. The number of carboxylic acids is 1. The SMILES string of the molecule is [2H][C@H]([C@H](N)C(=O)O)C([2H])([2H])C(N)=O. The van der Waals surface area contributed by atoms with Crippen molar-refractivity contribution in [3.05, 3.63) is 0 Å². The fourth-order valence-electron chi connectivity index (χ4n) is 0.243. The highest BCUT2D eigenvalue weighted by molar-refractivity contribution is 5.76. The topological polar surface area (TPSA) is 106 Å². The molecule has 0 radical (unpaired) electrons. The summed E-state index contributed by atoms with van der Waals surface area (Å²) in [6.07, 6.45) is -4.65. The van der Waals surface area contributed by atoms with Crippen LogP contribution in [0.2, 0.25) is 0 Å². The van der Waals surface area contributed by atoms with Crippen molar-refractivity contribution in [3.8, 4) is 0 Å². The summed E-state index contributed by atoms with van der Waals surface area (Å²) >= 11 is 0. The van der Waals surface area contributed by atoms with Crippen LogP contribution in [0.1, 0.15) is 16.9 Å². The second-order valence-electron chi connectivity index (χ2n) is 1.54. The molecule has 0 aliphatic heterocycles. The van der Waals surface area contributed by atoms with Gasteiger partial charge in [0.25, 0.3) is 0 Å². The van der Waals surface area contributed by atoms with Gasteiger partial charge in [-0.15, -0.1) is 0 Å². The van der Waals surface area contributed by atoms with Gasteiger partial charge in [-0.2, -0.15) is 0 Å². The van der Waals surface area contributed by atoms with Gasteiger partial charge in [0.1, 0.15) is 6.04 Å². The maximum atomic E-state index is 10.5. The molecule has 0 aromatic heterocycles. The third-order valence-corrected chi connectivity index (χ3v) is 0.690. The summed E-state index contributed by atoms with van der Waals surface area (Å²) in [5, 5.41) is 8.33. The maximum absolute atomic E-state index is 10.5. The molecule has 0 heterocycles. The molecule has 0 aromatic rings. The summed E-state index contributed by atoms with van der Waals surface area (Å²) in [5.41, 5.74) is 9.58. The number of primary amides is 1. The molecule has 5 nitrogen and oxygen atoms in total. The number of carboxylic acid groups (broad SMARTS) is 1. The van der Waals surface area contributed by atoms with E-state index in [0.717, 1.165) is 0 Å². The Balaban J connectivity index is 4.67. The lowest BCUT2D eigenvalue weighted by Gasteiger charge is -2.01. The Morgan fingerprint density at radius 3 is 2.50 bits per heavy atom. The molecule has 0 bridgehead atoms. The molecule has 0 aliphatic carbocycles. The number of amides is 1. The lowest BCUT2D eigenvalue weighted by atomic mass is 10.2. The van der Waals surface area contributed by atoms with E-state index in [0.29, 0.717) is 0 Å². The molecule has 10 heavy (non-hydrogen) atoms. The molecule has 5 N–H and O–H groups in total. The summed E-state index contributed by atoms with van der Waals surface area (Å²) in [7, 11) is 0. The largest absolute Gasteiger partial charge is 0.480 e. The smallest absolute Gasteiger partial charge is 0.320 e. The highest BCUT2D eigenvalue weighted by atomic mass is 16.4. The molecular weight excluding hydrogens is 136 g/mol. The van der Waals surface area contributed by atoms with Crippen molar-refractivity contribution in [1.82, 2.24) is 0 Å². The van der Waals surface area contributed by atoms with Crippen LogP contribution in [0.4, 0.5) is 0 Å². The van der Waals surface area contributed by atoms with Crippen molar-refractivity contribution >= 4 is 11.9 Å². The molecular formula is C5H10N2O3. The normalized spacial score (nSPS) is 21.5. The average Bonchev–Trinajstić information content (AvgIpc) is 2.01. The standard InChI is InChI=1S/C5H10N2O3/c6-3(5(9)10)1-2-4(7)8/h3H,1-2,6H2,(H2,7,8)(H,9,10)/t3-/m0/s1/i1D,2D2/t1-,3-. The zero-order chi connectivity index (χ0) is 10.8. The molecule has 0 aromatic carbocycles. The summed E-state index contributed by atoms with van der Waals surface area (Å²) in [6, 6.07) is -1.78. The Kier molecular flexibility index (Phi) is 1.79. The van der Waals surface area contributed by atoms with E-state index in [1.165, 1.54) is 0 Å². The van der Waals surface area contributed by atoms with E-state index in [4.69, 9.17) is 15.0 Å². The van der Waals surface area contributed by atoms with E-state index in [2.05, 4.69) is 5.73 Å². The Morgan fingerprint density at radius 2 is 2.20 bits per heavy atom. The minimum absolute atomic E-state index is 1.40. The van der Waals surface area contributed by atoms with Gasteiger partial charge >= 0.3 is 5.97 Å². The summed E-state index contributed by atoms with van der Waals surface area (Å²) in [4.78, 5) is 20.7. The Morgan fingerprint density at radius 1 is 1.70 bits per heavy atom. The summed E-state index contributed by atoms with van der Waals surface area (Å²) in [6.45, 7) is 0. The van der Waals surface area contributed by atoms with Crippen molar-refractivity contribution in [3.63, 3.8) is 0 Å². The lowest BCUT2D eigenvalue weighted by molar-refractivity contribution is -0.138. The molecule has 0 fully saturated rings. The molecule has 1 amide bonds. The predicted molar refractivity (Wildman–Crippen MR) is 34.0 cm³/mol. The number of hydrogen-bond acceptors (Lipinski definition) is 3. The summed E-state index contributed by atoms with van der Waals surface area (Å²) < 4.78 is 21.0. The van der Waals surface area contributed by atoms with Gasteiger partial charge < -0.3 is 16.6 Å². The van der Waals surface area contributed by atoms with Gasteiger partial charge in [-0.05, 0) is 6.40 Å². The van der Waals surface area contributed by atoms with Gasteiger partial charge in [-0.3, -0.25) is 9.59 Å². The van der Waals surface area contributed by atoms with Gasteiger partial charge in [0.2, 0.25) is 5.91 Å². The van der Waals surface area contributed by atoms with Crippen LogP contribution in [0.15, 0.2) is 0 Å². The lowest BCUT2D eigenvalue weighted by Crippen LogP contribution is -2.31. The molecule has 5 heteroatoms. The van der Waals surface area contributed by atoms with Crippen LogP contribution in [-0.4, -0.2) is 23.0 Å². The van der Waals surface area contributed by atoms with Gasteiger partial charge in [-0.25, -0.2) is 0 Å². The zero-order valence-corrected chi connectivity index (χ0v) is 5.07. The monoisotopic (exact) mass is 149 g/mol. The van der Waals surface area contributed by atoms with Crippen molar-refractivity contribution in [1.29, 1.82) is 0 Å². The van der Waals surface area contributed by atoms with Crippen LogP contribution in [0, 0.1) is 0 Å². The third-order valence-electron chi connectivity index (χ3n) is 0.690. The molecule has 0 saturated heterocycles. The highest BCUT2D eigenvalue weighted by Gasteiger charge is 2.11. The van der Waals surface area contributed by atoms with Crippen molar-refractivity contribution in [2.75, 3.05) is 0 Å². The van der Waals surface area contributed by atoms with Crippen LogP contribution < -0.4 is 11.5 Å². The van der Waals surface area contributed by atoms with Gasteiger partial charge in [0, 0.05) is 10.5 Å². The van der Waals surface area contributed by atoms with E-state index in [1.54, 1.807) is 0 Å².